The molecule has 3 aromatic carbocycles. The number of hydrogen-bond acceptors (Lipinski definition) is 8. The van der Waals surface area contributed by atoms with Gasteiger partial charge in [0.1, 0.15) is 48.5 Å². The Hall–Kier alpha value is -5.72. The lowest BCUT2D eigenvalue weighted by atomic mass is 10.0. The van der Waals surface area contributed by atoms with Gasteiger partial charge in [-0.3, -0.25) is 19.2 Å². The van der Waals surface area contributed by atoms with Crippen molar-refractivity contribution in [3.63, 3.8) is 0 Å². The second kappa shape index (κ2) is 17.9. The zero-order chi connectivity index (χ0) is 38.0. The number of hydrogen-bond donors (Lipinski definition) is 2. The van der Waals surface area contributed by atoms with E-state index in [9.17, 15) is 19.2 Å². The lowest BCUT2D eigenvalue weighted by molar-refractivity contribution is -0.147. The van der Waals surface area contributed by atoms with Crippen LogP contribution in [0.5, 0.6) is 11.5 Å². The molecule has 4 amide bonds. The molecule has 54 heavy (non-hydrogen) atoms. The first-order valence-corrected chi connectivity index (χ1v) is 18.7. The van der Waals surface area contributed by atoms with E-state index in [-0.39, 0.29) is 35.8 Å². The Morgan fingerprint density at radius 2 is 1.65 bits per heavy atom. The smallest absolute Gasteiger partial charge is 0.255 e. The highest BCUT2D eigenvalue weighted by Gasteiger charge is 2.41. The maximum atomic E-state index is 14.3. The molecule has 2 N–H and O–H groups in total. The minimum absolute atomic E-state index is 0.0691. The van der Waals surface area contributed by atoms with Crippen molar-refractivity contribution in [3.8, 4) is 11.5 Å². The molecule has 0 spiro atoms. The third-order valence-corrected chi connectivity index (χ3v) is 9.84. The Morgan fingerprint density at radius 1 is 0.889 bits per heavy atom. The Morgan fingerprint density at radius 3 is 2.43 bits per heavy atom. The van der Waals surface area contributed by atoms with Gasteiger partial charge in [0.05, 0.1) is 18.3 Å². The van der Waals surface area contributed by atoms with Crippen molar-refractivity contribution in [2.24, 2.45) is 5.92 Å². The lowest BCUT2D eigenvalue weighted by Crippen LogP contribution is -2.57. The summed E-state index contributed by atoms with van der Waals surface area (Å²) in [6, 6.07) is 21.7. The molecular formula is C41H49N7O6. The van der Waals surface area contributed by atoms with Crippen LogP contribution in [0.25, 0.3) is 0 Å². The number of benzene rings is 3. The highest BCUT2D eigenvalue weighted by molar-refractivity contribution is 6.00. The lowest BCUT2D eigenvalue weighted by Gasteiger charge is -2.34. The molecule has 13 heteroatoms. The third kappa shape index (κ3) is 9.63. The Bertz CT molecular complexity index is 1900. The summed E-state index contributed by atoms with van der Waals surface area (Å²) in [6.07, 6.45) is 4.11. The van der Waals surface area contributed by atoms with Gasteiger partial charge >= 0.3 is 0 Å². The number of likely N-dealkylation sites (N-methyl/N-ethyl adjacent to an activating group) is 1. The number of aromatic nitrogens is 3. The number of para-hydroxylation sites is 1. The van der Waals surface area contributed by atoms with Crippen LogP contribution in [0, 0.1) is 5.92 Å². The fourth-order valence-electron chi connectivity index (χ4n) is 6.95. The zero-order valence-corrected chi connectivity index (χ0v) is 31.1. The molecule has 0 aliphatic carbocycles. The van der Waals surface area contributed by atoms with E-state index in [1.165, 1.54) is 4.90 Å². The fraction of sp³-hybridized carbons (Fsp3) is 0.415. The van der Waals surface area contributed by atoms with Gasteiger partial charge in [-0.1, -0.05) is 73.7 Å². The summed E-state index contributed by atoms with van der Waals surface area (Å²) < 4.78 is 13.7. The zero-order valence-electron chi connectivity index (χ0n) is 31.1. The predicted molar refractivity (Wildman–Crippen MR) is 202 cm³/mol. The Labute approximate surface area is 316 Å². The number of nitrogens with one attached hydrogen (secondary N) is 2. The van der Waals surface area contributed by atoms with Crippen molar-refractivity contribution in [2.75, 3.05) is 26.7 Å². The molecule has 3 atom stereocenters. The molecule has 7 rings (SSSR count). The molecule has 0 radical (unpaired) electrons. The van der Waals surface area contributed by atoms with Crippen molar-refractivity contribution in [1.82, 2.24) is 35.4 Å². The average molecular weight is 736 g/mol. The first-order valence-electron chi connectivity index (χ1n) is 18.7. The molecule has 1 saturated heterocycles. The molecule has 4 bridgehead atoms. The van der Waals surface area contributed by atoms with E-state index >= 15 is 0 Å². The van der Waals surface area contributed by atoms with E-state index in [0.29, 0.717) is 75.5 Å². The molecule has 1 fully saturated rings. The van der Waals surface area contributed by atoms with E-state index in [1.54, 1.807) is 47.1 Å². The van der Waals surface area contributed by atoms with Crippen LogP contribution >= 0.6 is 0 Å². The predicted octanol–water partition coefficient (Wildman–Crippen LogP) is 3.81. The second-order valence-electron chi connectivity index (χ2n) is 14.3. The molecule has 1 aromatic heterocycles. The van der Waals surface area contributed by atoms with Crippen molar-refractivity contribution in [2.45, 2.75) is 77.2 Å². The molecule has 3 aliphatic rings. The minimum Gasteiger partial charge on any atom is -0.492 e. The van der Waals surface area contributed by atoms with Crippen LogP contribution in [0.1, 0.15) is 60.3 Å². The normalized spacial score (nSPS) is 20.7. The van der Waals surface area contributed by atoms with Crippen LogP contribution in [-0.4, -0.2) is 93.3 Å². The van der Waals surface area contributed by atoms with Gasteiger partial charge in [0, 0.05) is 26.6 Å². The summed E-state index contributed by atoms with van der Waals surface area (Å²) in [7, 11) is 1.64. The maximum absolute atomic E-state index is 14.3. The van der Waals surface area contributed by atoms with Gasteiger partial charge in [-0.05, 0) is 67.0 Å². The fourth-order valence-corrected chi connectivity index (χ4v) is 6.95. The van der Waals surface area contributed by atoms with Crippen LogP contribution in [0.2, 0.25) is 0 Å². The summed E-state index contributed by atoms with van der Waals surface area (Å²) >= 11 is 0. The number of carbonyl (C=O) groups excluding carboxylic acids is 4. The number of rotatable bonds is 4. The highest BCUT2D eigenvalue weighted by atomic mass is 16.5. The molecule has 13 nitrogen and oxygen atoms in total. The van der Waals surface area contributed by atoms with E-state index in [0.717, 1.165) is 11.1 Å². The Balaban J connectivity index is 1.28. The van der Waals surface area contributed by atoms with E-state index in [1.807, 2.05) is 68.4 Å². The first kappa shape index (κ1) is 38.0. The topological polar surface area (TPSA) is 148 Å². The standard InChI is InChI=1S/C41H49N7O6/c1-28(2)24-34-40(51)48-21-9-13-35(48)41(52)46(3)36(25-30-10-5-4-6-11-30)39(50)42-20-19-29-15-17-32(18-16-29)53-23-22-47-26-31(44-45-47)27-54-37-14-8-7-12-33(37)38(49)43-34/h4-8,10-12,14-18,26,28,34-36H,9,13,19-25,27H2,1-3H3,(H,42,50)(H,43,49)/t34-,35-,36+/m1/s1. The van der Waals surface area contributed by atoms with E-state index < -0.39 is 24.0 Å². The van der Waals surface area contributed by atoms with E-state index in [2.05, 4.69) is 20.9 Å². The molecule has 284 valence electrons. The molecule has 0 saturated carbocycles. The van der Waals surface area contributed by atoms with Crippen LogP contribution < -0.4 is 20.1 Å². The quantitative estimate of drug-likeness (QED) is 0.322. The first-order chi connectivity index (χ1) is 26.2. The van der Waals surface area contributed by atoms with Gasteiger partial charge in [0.25, 0.3) is 5.91 Å². The number of carbonyl (C=O) groups is 4. The van der Waals surface area contributed by atoms with Gasteiger partial charge in [-0.2, -0.15) is 0 Å². The molecule has 0 unspecified atom stereocenters. The molecule has 4 heterocycles. The van der Waals surface area contributed by atoms with Crippen molar-refractivity contribution in [1.29, 1.82) is 0 Å². The highest BCUT2D eigenvalue weighted by Crippen LogP contribution is 2.25. The van der Waals surface area contributed by atoms with Gasteiger partial charge in [-0.25, -0.2) is 4.68 Å². The van der Waals surface area contributed by atoms with Crippen LogP contribution in [0.4, 0.5) is 0 Å². The van der Waals surface area contributed by atoms with Gasteiger partial charge in [0.15, 0.2) is 0 Å². The maximum Gasteiger partial charge on any atom is 0.255 e. The minimum atomic E-state index is -0.883. The summed E-state index contributed by atoms with van der Waals surface area (Å²) in [4.78, 5) is 59.4. The average Bonchev–Trinajstić information content (AvgIpc) is 3.86. The number of fused-ring (bicyclic) bond motifs is 14. The SMILES string of the molecule is CC(C)C[C@H]1NC(=O)c2ccccc2OCc2cn(nn2)CCOc2ccc(cc2)CCNC(=O)[C@H](Cc2ccccc2)N(C)C(=O)[C@H]2CCCN2C1=O. The summed E-state index contributed by atoms with van der Waals surface area (Å²) in [5.41, 5.74) is 2.78. The molecule has 4 aromatic rings. The third-order valence-electron chi connectivity index (χ3n) is 9.84. The van der Waals surface area contributed by atoms with Gasteiger partial charge < -0.3 is 29.9 Å². The van der Waals surface area contributed by atoms with Crippen molar-refractivity contribution < 1.29 is 28.7 Å². The molecule has 3 aliphatic heterocycles. The van der Waals surface area contributed by atoms with Crippen molar-refractivity contribution in [3.05, 3.63) is 107 Å². The van der Waals surface area contributed by atoms with E-state index in [4.69, 9.17) is 9.47 Å². The summed E-state index contributed by atoms with van der Waals surface area (Å²) in [6.45, 7) is 5.61. The number of nitrogens with zero attached hydrogens (tertiary/aromatic N) is 5. The van der Waals surface area contributed by atoms with Crippen LogP contribution in [0.15, 0.2) is 85.1 Å². The molecular weight excluding hydrogens is 686 g/mol. The Kier molecular flexibility index (Phi) is 12.6. The number of ether oxygens (including phenoxy) is 2. The van der Waals surface area contributed by atoms with Crippen LogP contribution in [0.3, 0.4) is 0 Å². The van der Waals surface area contributed by atoms with Crippen LogP contribution in [-0.2, 0) is 40.4 Å². The van der Waals surface area contributed by atoms with Gasteiger partial charge in [0.2, 0.25) is 17.7 Å². The largest absolute Gasteiger partial charge is 0.492 e. The van der Waals surface area contributed by atoms with Gasteiger partial charge in [-0.15, -0.1) is 5.10 Å². The monoisotopic (exact) mass is 735 g/mol. The number of amides is 4. The summed E-state index contributed by atoms with van der Waals surface area (Å²) in [5, 5.41) is 14.4. The van der Waals surface area contributed by atoms with Crippen molar-refractivity contribution >= 4 is 23.6 Å². The second-order valence-corrected chi connectivity index (χ2v) is 14.3. The summed E-state index contributed by atoms with van der Waals surface area (Å²) in [5.74, 6) is -0.262.